The molecule has 236 valence electrons. The molecule has 1 aliphatic rings. The predicted molar refractivity (Wildman–Crippen MR) is 164 cm³/mol. The zero-order valence-electron chi connectivity index (χ0n) is 25.5. The zero-order valence-corrected chi connectivity index (χ0v) is 25.5. The molecule has 3 N–H and O–H groups in total. The maximum absolute atomic E-state index is 13.6. The van der Waals surface area contributed by atoms with Gasteiger partial charge in [0, 0.05) is 42.8 Å². The molecule has 0 atom stereocenters. The molecular formula is C32H38F3N5O4. The lowest BCUT2D eigenvalue weighted by atomic mass is 10.0. The molecule has 1 saturated heterocycles. The van der Waals surface area contributed by atoms with E-state index in [1.165, 1.54) is 18.7 Å². The fraction of sp³-hybridized carbons (Fsp3) is 0.438. The number of fused-ring (bicyclic) bond motifs is 1. The number of alkyl halides is 3. The normalized spacial score (nSPS) is 14.0. The first-order valence-corrected chi connectivity index (χ1v) is 14.3. The number of hydrogen-bond donors (Lipinski definition) is 3. The average molecular weight is 614 g/mol. The Bertz CT molecular complexity index is 1560. The van der Waals surface area contributed by atoms with Gasteiger partial charge >= 0.3 is 12.3 Å². The van der Waals surface area contributed by atoms with E-state index in [1.54, 1.807) is 41.3 Å². The fourth-order valence-electron chi connectivity index (χ4n) is 5.01. The topological polar surface area (TPSA) is 96.9 Å². The van der Waals surface area contributed by atoms with Crippen molar-refractivity contribution in [2.75, 3.05) is 44.4 Å². The minimum Gasteiger partial charge on any atom is -0.495 e. The van der Waals surface area contributed by atoms with E-state index in [0.717, 1.165) is 0 Å². The van der Waals surface area contributed by atoms with E-state index in [4.69, 9.17) is 9.47 Å². The highest BCUT2D eigenvalue weighted by Gasteiger charge is 2.31. The average Bonchev–Trinajstić information content (AvgIpc) is 3.30. The number of anilines is 2. The van der Waals surface area contributed by atoms with Crippen LogP contribution in [-0.2, 0) is 11.3 Å². The van der Waals surface area contributed by atoms with Gasteiger partial charge in [-0.05, 0) is 75.9 Å². The molecule has 9 nitrogen and oxygen atoms in total. The molecule has 0 saturated carbocycles. The number of amides is 2. The number of nitrogens with zero attached hydrogens (tertiary/aromatic N) is 2. The lowest BCUT2D eigenvalue weighted by Crippen LogP contribution is -2.44. The fourth-order valence-corrected chi connectivity index (χ4v) is 5.01. The van der Waals surface area contributed by atoms with Crippen molar-refractivity contribution in [3.8, 4) is 17.6 Å². The number of ether oxygens (including phenoxy) is 2. The molecule has 2 heterocycles. The molecule has 44 heavy (non-hydrogen) atoms. The highest BCUT2D eigenvalue weighted by molar-refractivity contribution is 5.95. The zero-order chi connectivity index (χ0) is 32.1. The van der Waals surface area contributed by atoms with Gasteiger partial charge in [0.05, 0.1) is 30.6 Å². The second kappa shape index (κ2) is 13.4. The maximum atomic E-state index is 13.6. The Morgan fingerprint density at radius 1 is 1.05 bits per heavy atom. The van der Waals surface area contributed by atoms with Gasteiger partial charge in [-0.3, -0.25) is 4.79 Å². The highest BCUT2D eigenvalue weighted by atomic mass is 19.4. The van der Waals surface area contributed by atoms with E-state index in [2.05, 4.69) is 27.8 Å². The van der Waals surface area contributed by atoms with Gasteiger partial charge in [-0.15, -0.1) is 0 Å². The third kappa shape index (κ3) is 8.30. The monoisotopic (exact) mass is 613 g/mol. The molecule has 0 bridgehead atoms. The Hall–Kier alpha value is -4.53. The molecule has 2 amide bonds. The molecule has 0 unspecified atom stereocenters. The van der Waals surface area contributed by atoms with Crippen molar-refractivity contribution in [1.82, 2.24) is 14.8 Å². The number of likely N-dealkylation sites (tertiary alicyclic amines) is 1. The number of halogens is 3. The number of carbonyl (C=O) groups is 2. The first kappa shape index (κ1) is 32.4. The quantitative estimate of drug-likeness (QED) is 0.290. The number of piperidine rings is 1. The van der Waals surface area contributed by atoms with Crippen molar-refractivity contribution in [2.24, 2.45) is 0 Å². The van der Waals surface area contributed by atoms with Crippen molar-refractivity contribution in [1.29, 1.82) is 0 Å². The number of methoxy groups -OCH3 is 1. The van der Waals surface area contributed by atoms with Crippen LogP contribution in [0.5, 0.6) is 5.75 Å². The van der Waals surface area contributed by atoms with Crippen molar-refractivity contribution in [3.05, 3.63) is 53.7 Å². The van der Waals surface area contributed by atoms with Crippen LogP contribution in [0.3, 0.4) is 0 Å². The molecular weight excluding hydrogens is 575 g/mol. The van der Waals surface area contributed by atoms with Crippen molar-refractivity contribution in [2.45, 2.75) is 58.0 Å². The third-order valence-electron chi connectivity index (χ3n) is 7.06. The summed E-state index contributed by atoms with van der Waals surface area (Å²) >= 11 is 0. The van der Waals surface area contributed by atoms with Crippen LogP contribution >= 0.6 is 0 Å². The molecule has 1 aliphatic heterocycles. The maximum Gasteiger partial charge on any atom is 0.410 e. The van der Waals surface area contributed by atoms with Gasteiger partial charge in [-0.2, -0.15) is 13.2 Å². The number of nitrogens with one attached hydrogen (secondary N) is 3. The minimum absolute atomic E-state index is 0.0359. The van der Waals surface area contributed by atoms with Gasteiger partial charge < -0.3 is 34.9 Å². The second-order valence-corrected chi connectivity index (χ2v) is 11.5. The Labute approximate surface area is 255 Å². The molecule has 1 fully saturated rings. The Balaban J connectivity index is 1.51. The summed E-state index contributed by atoms with van der Waals surface area (Å²) < 4.78 is 52.9. The first-order chi connectivity index (χ1) is 20.8. The Morgan fingerprint density at radius 3 is 2.41 bits per heavy atom. The van der Waals surface area contributed by atoms with E-state index in [1.807, 2.05) is 26.8 Å². The van der Waals surface area contributed by atoms with Crippen LogP contribution in [0.2, 0.25) is 0 Å². The summed E-state index contributed by atoms with van der Waals surface area (Å²) in [5.41, 5.74) is 1.80. The summed E-state index contributed by atoms with van der Waals surface area (Å²) in [4.78, 5) is 26.0. The number of aromatic nitrogens is 1. The summed E-state index contributed by atoms with van der Waals surface area (Å²) in [6.07, 6.45) is -3.45. The van der Waals surface area contributed by atoms with Crippen LogP contribution in [0.15, 0.2) is 42.5 Å². The van der Waals surface area contributed by atoms with E-state index in [9.17, 15) is 22.8 Å². The molecule has 0 radical (unpaired) electrons. The molecule has 1 aromatic heterocycles. The number of rotatable bonds is 7. The van der Waals surface area contributed by atoms with Gasteiger partial charge in [0.25, 0.3) is 5.91 Å². The SMILES string of the molecule is CNC(=O)c1ccc(NCC#Cc2cc3c(NC4CCN(C(=O)OC(C)(C)C)CC4)cccc3n2CC(F)(F)F)c(OC)c1. The summed E-state index contributed by atoms with van der Waals surface area (Å²) in [6, 6.07) is 11.8. The van der Waals surface area contributed by atoms with Crippen LogP contribution in [0, 0.1) is 11.8 Å². The van der Waals surface area contributed by atoms with Crippen LogP contribution in [0.1, 0.15) is 49.7 Å². The van der Waals surface area contributed by atoms with Gasteiger partial charge in [-0.25, -0.2) is 4.79 Å². The largest absolute Gasteiger partial charge is 0.495 e. The van der Waals surface area contributed by atoms with E-state index in [-0.39, 0.29) is 30.3 Å². The predicted octanol–water partition coefficient (Wildman–Crippen LogP) is 5.85. The van der Waals surface area contributed by atoms with Crippen LogP contribution < -0.4 is 20.7 Å². The number of carbonyl (C=O) groups excluding carboxylic acids is 2. The molecule has 2 aromatic carbocycles. The Morgan fingerprint density at radius 2 is 1.77 bits per heavy atom. The van der Waals surface area contributed by atoms with Crippen LogP contribution in [0.4, 0.5) is 29.3 Å². The van der Waals surface area contributed by atoms with Crippen LogP contribution in [-0.4, -0.2) is 73.1 Å². The second-order valence-electron chi connectivity index (χ2n) is 11.5. The molecule has 0 spiro atoms. The molecule has 12 heteroatoms. The van der Waals surface area contributed by atoms with Crippen molar-refractivity contribution < 1.29 is 32.2 Å². The number of benzene rings is 2. The smallest absolute Gasteiger partial charge is 0.410 e. The third-order valence-corrected chi connectivity index (χ3v) is 7.06. The Kier molecular flexibility index (Phi) is 9.87. The lowest BCUT2D eigenvalue weighted by molar-refractivity contribution is -0.140. The summed E-state index contributed by atoms with van der Waals surface area (Å²) in [6.45, 7) is 5.45. The standard InChI is InChI=1S/C32H38F3N5O4/c1-31(2,3)44-30(42)39-16-13-22(14-17-39)38-25-9-6-10-27-24(25)19-23(40(27)20-32(33,34)35)8-7-15-37-26-12-11-21(29(41)36-4)18-28(26)43-5/h6,9-12,18-19,22,37-38H,13-17,20H2,1-5H3,(H,36,41). The number of hydrogen-bond acceptors (Lipinski definition) is 6. The molecule has 3 aromatic rings. The summed E-state index contributed by atoms with van der Waals surface area (Å²) in [5.74, 6) is 5.99. The summed E-state index contributed by atoms with van der Waals surface area (Å²) in [7, 11) is 3.01. The lowest BCUT2D eigenvalue weighted by Gasteiger charge is -2.34. The van der Waals surface area contributed by atoms with E-state index in [0.29, 0.717) is 59.5 Å². The highest BCUT2D eigenvalue weighted by Crippen LogP contribution is 2.31. The first-order valence-electron chi connectivity index (χ1n) is 14.3. The van der Waals surface area contributed by atoms with Gasteiger partial charge in [0.2, 0.25) is 0 Å². The van der Waals surface area contributed by atoms with Gasteiger partial charge in [0.15, 0.2) is 0 Å². The van der Waals surface area contributed by atoms with E-state index >= 15 is 0 Å². The van der Waals surface area contributed by atoms with Gasteiger partial charge in [0.1, 0.15) is 17.9 Å². The summed E-state index contributed by atoms with van der Waals surface area (Å²) in [5, 5.41) is 9.76. The van der Waals surface area contributed by atoms with Crippen molar-refractivity contribution >= 4 is 34.3 Å². The van der Waals surface area contributed by atoms with E-state index < -0.39 is 18.3 Å². The molecule has 0 aliphatic carbocycles. The van der Waals surface area contributed by atoms with Gasteiger partial charge in [-0.1, -0.05) is 12.0 Å². The molecule has 4 rings (SSSR count). The van der Waals surface area contributed by atoms with Crippen molar-refractivity contribution in [3.63, 3.8) is 0 Å². The minimum atomic E-state index is -4.45. The van der Waals surface area contributed by atoms with Crippen LogP contribution in [0.25, 0.3) is 10.9 Å².